The summed E-state index contributed by atoms with van der Waals surface area (Å²) in [6.07, 6.45) is 0. The lowest BCUT2D eigenvalue weighted by atomic mass is 10.1. The molecular weight excluding hydrogens is 354 g/mol. The third-order valence-electron chi connectivity index (χ3n) is 4.36. The van der Waals surface area contributed by atoms with Crippen molar-refractivity contribution in [3.8, 4) is 5.75 Å². The molecule has 0 bridgehead atoms. The average Bonchev–Trinajstić information content (AvgIpc) is 2.71. The lowest BCUT2D eigenvalue weighted by molar-refractivity contribution is 0.102. The van der Waals surface area contributed by atoms with Crippen molar-refractivity contribution in [2.75, 3.05) is 5.32 Å². The van der Waals surface area contributed by atoms with Crippen LogP contribution in [-0.4, -0.2) is 20.8 Å². The van der Waals surface area contributed by atoms with E-state index in [0.717, 1.165) is 5.56 Å². The third kappa shape index (κ3) is 3.48. The molecule has 0 aliphatic carbocycles. The monoisotopic (exact) mass is 371 g/mol. The first-order valence-electron chi connectivity index (χ1n) is 8.76. The molecule has 6 nitrogen and oxygen atoms in total. The van der Waals surface area contributed by atoms with E-state index < -0.39 is 5.91 Å². The molecule has 28 heavy (non-hydrogen) atoms. The SMILES string of the molecule is O=C(Nc1cccc(O)c1)c1nn(Cc2ccccc2)c(=O)c2ccccc12. The molecule has 0 spiro atoms. The van der Waals surface area contributed by atoms with Gasteiger partial charge in [0.05, 0.1) is 11.9 Å². The summed E-state index contributed by atoms with van der Waals surface area (Å²) in [5.41, 5.74) is 1.24. The Morgan fingerprint density at radius 3 is 2.39 bits per heavy atom. The number of nitrogens with zero attached hydrogens (tertiary/aromatic N) is 2. The van der Waals surface area contributed by atoms with Crippen molar-refractivity contribution in [2.45, 2.75) is 6.54 Å². The second-order valence-electron chi connectivity index (χ2n) is 6.35. The van der Waals surface area contributed by atoms with Gasteiger partial charge >= 0.3 is 0 Å². The number of phenolic OH excluding ortho intramolecular Hbond substituents is 1. The van der Waals surface area contributed by atoms with E-state index in [2.05, 4.69) is 10.4 Å². The molecule has 2 N–H and O–H groups in total. The summed E-state index contributed by atoms with van der Waals surface area (Å²) in [6.45, 7) is 0.261. The molecular formula is C22H17N3O3. The predicted molar refractivity (Wildman–Crippen MR) is 108 cm³/mol. The number of aromatic hydroxyl groups is 1. The van der Waals surface area contributed by atoms with Gasteiger partial charge in [-0.15, -0.1) is 0 Å². The van der Waals surface area contributed by atoms with Crippen LogP contribution in [0, 0.1) is 0 Å². The summed E-state index contributed by atoms with van der Waals surface area (Å²) in [5.74, 6) is -0.409. The van der Waals surface area contributed by atoms with Gasteiger partial charge in [-0.1, -0.05) is 54.6 Å². The minimum Gasteiger partial charge on any atom is -0.508 e. The molecule has 6 heteroatoms. The Balaban J connectivity index is 1.79. The Kier molecular flexibility index (Phi) is 4.60. The molecule has 0 saturated heterocycles. The molecule has 1 heterocycles. The van der Waals surface area contributed by atoms with Gasteiger partial charge in [-0.25, -0.2) is 4.68 Å². The highest BCUT2D eigenvalue weighted by atomic mass is 16.3. The maximum atomic E-state index is 12.9. The smallest absolute Gasteiger partial charge is 0.276 e. The van der Waals surface area contributed by atoms with Crippen LogP contribution < -0.4 is 10.9 Å². The Hall–Kier alpha value is -3.93. The van der Waals surface area contributed by atoms with Gasteiger partial charge < -0.3 is 10.4 Å². The van der Waals surface area contributed by atoms with Gasteiger partial charge in [0.25, 0.3) is 11.5 Å². The van der Waals surface area contributed by atoms with Gasteiger partial charge in [-0.05, 0) is 23.8 Å². The van der Waals surface area contributed by atoms with Crippen LogP contribution in [-0.2, 0) is 6.54 Å². The van der Waals surface area contributed by atoms with Crippen LogP contribution in [0.2, 0.25) is 0 Å². The fraction of sp³-hybridized carbons (Fsp3) is 0.0455. The second kappa shape index (κ2) is 7.36. The van der Waals surface area contributed by atoms with Crippen LogP contribution in [0.3, 0.4) is 0 Å². The summed E-state index contributed by atoms with van der Waals surface area (Å²) in [6, 6.07) is 22.6. The van der Waals surface area contributed by atoms with Gasteiger partial charge in [0.1, 0.15) is 5.75 Å². The maximum absolute atomic E-state index is 12.9. The standard InChI is InChI=1S/C22H17N3O3/c26-17-10-6-9-16(13-17)23-21(27)20-18-11-4-5-12-19(18)22(28)25(24-20)14-15-7-2-1-3-8-15/h1-13,26H,14H2,(H,23,27). The van der Waals surface area contributed by atoms with Crippen LogP contribution in [0.25, 0.3) is 10.8 Å². The summed E-state index contributed by atoms with van der Waals surface area (Å²) >= 11 is 0. The van der Waals surface area contributed by atoms with E-state index in [1.165, 1.54) is 16.8 Å². The molecule has 0 fully saturated rings. The fourth-order valence-electron chi connectivity index (χ4n) is 3.04. The molecule has 0 unspecified atom stereocenters. The summed E-state index contributed by atoms with van der Waals surface area (Å²) in [4.78, 5) is 25.7. The molecule has 0 atom stereocenters. The number of anilines is 1. The molecule has 4 rings (SSSR count). The molecule has 0 saturated carbocycles. The number of fused-ring (bicyclic) bond motifs is 1. The quantitative estimate of drug-likeness (QED) is 0.576. The number of nitrogens with one attached hydrogen (secondary N) is 1. The minimum atomic E-state index is -0.455. The highest BCUT2D eigenvalue weighted by molar-refractivity contribution is 6.11. The minimum absolute atomic E-state index is 0.0460. The molecule has 0 aliphatic rings. The summed E-state index contributed by atoms with van der Waals surface area (Å²) in [7, 11) is 0. The van der Waals surface area contributed by atoms with Crippen LogP contribution >= 0.6 is 0 Å². The van der Waals surface area contributed by atoms with Crippen molar-refractivity contribution in [3.63, 3.8) is 0 Å². The Labute approximate surface area is 160 Å². The van der Waals surface area contributed by atoms with Crippen LogP contribution in [0.5, 0.6) is 5.75 Å². The molecule has 3 aromatic carbocycles. The van der Waals surface area contributed by atoms with Crippen LogP contribution in [0.15, 0.2) is 83.7 Å². The van der Waals surface area contributed by atoms with Gasteiger partial charge in [0.15, 0.2) is 5.69 Å². The summed E-state index contributed by atoms with van der Waals surface area (Å²) < 4.78 is 1.30. The zero-order chi connectivity index (χ0) is 19.5. The number of hydrogen-bond donors (Lipinski definition) is 2. The predicted octanol–water partition coefficient (Wildman–Crippen LogP) is 3.40. The van der Waals surface area contributed by atoms with E-state index in [1.54, 1.807) is 36.4 Å². The average molecular weight is 371 g/mol. The van der Waals surface area contributed by atoms with Crippen molar-refractivity contribution in [1.29, 1.82) is 0 Å². The highest BCUT2D eigenvalue weighted by Gasteiger charge is 2.17. The van der Waals surface area contributed by atoms with Crippen molar-refractivity contribution in [3.05, 3.63) is 100 Å². The molecule has 4 aromatic rings. The molecule has 1 amide bonds. The molecule has 1 aromatic heterocycles. The summed E-state index contributed by atoms with van der Waals surface area (Å²) in [5, 5.41) is 17.6. The number of benzene rings is 3. The highest BCUT2D eigenvalue weighted by Crippen LogP contribution is 2.19. The number of carbonyl (C=O) groups excluding carboxylic acids is 1. The number of rotatable bonds is 4. The van der Waals surface area contributed by atoms with Crippen molar-refractivity contribution in [2.24, 2.45) is 0 Å². The van der Waals surface area contributed by atoms with Crippen LogP contribution in [0.4, 0.5) is 5.69 Å². The van der Waals surface area contributed by atoms with Gasteiger partial charge in [0.2, 0.25) is 0 Å². The zero-order valence-corrected chi connectivity index (χ0v) is 14.9. The van der Waals surface area contributed by atoms with Crippen molar-refractivity contribution < 1.29 is 9.90 Å². The normalized spacial score (nSPS) is 10.7. The first-order valence-corrected chi connectivity index (χ1v) is 8.76. The number of phenols is 1. The van der Waals surface area contributed by atoms with Crippen molar-refractivity contribution >= 4 is 22.4 Å². The van der Waals surface area contributed by atoms with Gasteiger partial charge in [0, 0.05) is 17.1 Å². The first-order chi connectivity index (χ1) is 13.6. The molecule has 138 valence electrons. The number of hydrogen-bond acceptors (Lipinski definition) is 4. The van der Waals surface area contributed by atoms with E-state index in [4.69, 9.17) is 0 Å². The van der Waals surface area contributed by atoms with E-state index in [9.17, 15) is 14.7 Å². The number of carbonyl (C=O) groups is 1. The first kappa shape index (κ1) is 17.5. The Bertz CT molecular complexity index is 1220. The maximum Gasteiger partial charge on any atom is 0.276 e. The van der Waals surface area contributed by atoms with Crippen molar-refractivity contribution in [1.82, 2.24) is 9.78 Å². The topological polar surface area (TPSA) is 84.2 Å². The Morgan fingerprint density at radius 2 is 1.64 bits per heavy atom. The van der Waals surface area contributed by atoms with Gasteiger partial charge in [-0.3, -0.25) is 9.59 Å². The van der Waals surface area contributed by atoms with E-state index in [0.29, 0.717) is 16.5 Å². The van der Waals surface area contributed by atoms with E-state index >= 15 is 0 Å². The van der Waals surface area contributed by atoms with Crippen LogP contribution in [0.1, 0.15) is 16.1 Å². The van der Waals surface area contributed by atoms with E-state index in [-0.39, 0.29) is 23.5 Å². The molecule has 0 aliphatic heterocycles. The second-order valence-corrected chi connectivity index (χ2v) is 6.35. The lowest BCUT2D eigenvalue weighted by Crippen LogP contribution is -2.28. The zero-order valence-electron chi connectivity index (χ0n) is 14.9. The Morgan fingerprint density at radius 1 is 0.929 bits per heavy atom. The van der Waals surface area contributed by atoms with Gasteiger partial charge in [-0.2, -0.15) is 5.10 Å². The largest absolute Gasteiger partial charge is 0.508 e. The number of amides is 1. The van der Waals surface area contributed by atoms with E-state index in [1.807, 2.05) is 30.3 Å². The molecule has 0 radical (unpaired) electrons. The fourth-order valence-corrected chi connectivity index (χ4v) is 3.04. The lowest BCUT2D eigenvalue weighted by Gasteiger charge is -2.11. The third-order valence-corrected chi connectivity index (χ3v) is 4.36. The number of aromatic nitrogens is 2.